The minimum Gasteiger partial charge on any atom is -0.493 e. The Morgan fingerprint density at radius 3 is 2.38 bits per heavy atom. The van der Waals surface area contributed by atoms with Crippen LogP contribution in [0.15, 0.2) is 24.3 Å². The monoisotopic (exact) mass is 618 g/mol. The maximum absolute atomic E-state index is 13.5. The van der Waals surface area contributed by atoms with Crippen molar-refractivity contribution in [3.05, 3.63) is 52.1 Å². The molecule has 0 spiro atoms. The molecule has 10 nitrogen and oxygen atoms in total. The molecule has 218 valence electrons. The number of rotatable bonds is 12. The molecule has 4 N–H and O–H groups in total. The van der Waals surface area contributed by atoms with Gasteiger partial charge in [-0.3, -0.25) is 19.8 Å². The molecule has 1 heterocycles. The van der Waals surface area contributed by atoms with Gasteiger partial charge in [-0.15, -0.1) is 17.0 Å². The van der Waals surface area contributed by atoms with E-state index in [-0.39, 0.29) is 59.5 Å². The molecule has 0 fully saturated rings. The second kappa shape index (κ2) is 13.6. The van der Waals surface area contributed by atoms with Crippen molar-refractivity contribution in [3.8, 4) is 17.2 Å². The largest absolute Gasteiger partial charge is 0.493 e. The molecular weight excluding hydrogens is 580 g/mol. The van der Waals surface area contributed by atoms with E-state index in [1.165, 1.54) is 7.11 Å². The number of halogens is 1. The predicted molar refractivity (Wildman–Crippen MR) is 159 cm³/mol. The van der Waals surface area contributed by atoms with Crippen LogP contribution in [0.5, 0.6) is 17.2 Å². The van der Waals surface area contributed by atoms with E-state index < -0.39 is 5.91 Å². The van der Waals surface area contributed by atoms with Gasteiger partial charge in [0, 0.05) is 36.7 Å². The molecule has 2 aromatic carbocycles. The molecule has 0 saturated carbocycles. The summed E-state index contributed by atoms with van der Waals surface area (Å²) < 4.78 is 17.3. The molecule has 0 atom stereocenters. The zero-order chi connectivity index (χ0) is 28.9. The van der Waals surface area contributed by atoms with E-state index in [0.717, 1.165) is 11.1 Å². The Kier molecular flexibility index (Phi) is 11.1. The van der Waals surface area contributed by atoms with Crippen molar-refractivity contribution in [1.82, 2.24) is 10.2 Å². The van der Waals surface area contributed by atoms with E-state index in [4.69, 9.17) is 25.4 Å². The average molecular weight is 620 g/mol. The van der Waals surface area contributed by atoms with Crippen molar-refractivity contribution in [2.75, 3.05) is 33.9 Å². The molecule has 3 rings (SSSR count). The fourth-order valence-corrected chi connectivity index (χ4v) is 4.46. The Morgan fingerprint density at radius 1 is 1.10 bits per heavy atom. The van der Waals surface area contributed by atoms with E-state index in [9.17, 15) is 14.4 Å². The topological polar surface area (TPSA) is 144 Å². The van der Waals surface area contributed by atoms with Gasteiger partial charge in [-0.05, 0) is 48.6 Å². The summed E-state index contributed by atoms with van der Waals surface area (Å²) in [5.74, 6) is 0.678. The number of amides is 2. The van der Waals surface area contributed by atoms with E-state index in [0.29, 0.717) is 53.5 Å². The van der Waals surface area contributed by atoms with Crippen LogP contribution >= 0.6 is 17.0 Å². The highest BCUT2D eigenvalue weighted by atomic mass is 79.9. The Labute approximate surface area is 245 Å². The molecule has 0 aliphatic carbocycles. The number of hydrogen-bond donors (Lipinski definition) is 3. The van der Waals surface area contributed by atoms with Gasteiger partial charge < -0.3 is 30.2 Å². The van der Waals surface area contributed by atoms with Crippen LogP contribution in [0, 0.1) is 5.41 Å². The van der Waals surface area contributed by atoms with E-state index in [2.05, 4.69) is 5.32 Å². The Morgan fingerprint density at radius 2 is 1.80 bits per heavy atom. The van der Waals surface area contributed by atoms with Gasteiger partial charge in [0.25, 0.3) is 5.91 Å². The van der Waals surface area contributed by atoms with Gasteiger partial charge >= 0.3 is 0 Å². The Bertz CT molecular complexity index is 1290. The highest BCUT2D eigenvalue weighted by Gasteiger charge is 2.31. The highest BCUT2D eigenvalue weighted by Crippen LogP contribution is 2.40. The summed E-state index contributed by atoms with van der Waals surface area (Å²) in [5, 5.41) is 11.3. The number of carbonyl (C=O) groups is 3. The third-order valence-electron chi connectivity index (χ3n) is 6.46. The maximum atomic E-state index is 13.5. The number of hydrogen-bond acceptors (Lipinski definition) is 7. The van der Waals surface area contributed by atoms with Crippen LogP contribution in [0.2, 0.25) is 0 Å². The number of nitrogens with two attached hydrogens (primary N) is 1. The van der Waals surface area contributed by atoms with Crippen molar-refractivity contribution in [3.63, 3.8) is 0 Å². The second-order valence-electron chi connectivity index (χ2n) is 10.4. The standard InChI is InChI=1S/C29H38N4O6.BrH/c1-7-38-23-13-18-15-33(27(31)19(18)14-20(23)28(36)32-5)16-22(34)17-11-21(29(2,3)4)26(24(12-17)37-6)39-10-8-9-25(30)35;/h11-14,31H,7-10,15-16H2,1-6H3,(H2,30,35)(H,32,36);1H. The average Bonchev–Trinajstić information content (AvgIpc) is 3.18. The molecular formula is C29H39BrN4O6. The minimum absolute atomic E-state index is 0. The van der Waals surface area contributed by atoms with Crippen molar-refractivity contribution in [2.24, 2.45) is 5.73 Å². The molecule has 0 unspecified atom stereocenters. The lowest BCUT2D eigenvalue weighted by Gasteiger charge is -2.26. The van der Waals surface area contributed by atoms with Crippen LogP contribution in [0.25, 0.3) is 0 Å². The number of methoxy groups -OCH3 is 1. The first-order chi connectivity index (χ1) is 18.4. The molecule has 1 aliphatic rings. The summed E-state index contributed by atoms with van der Waals surface area (Å²) in [7, 11) is 3.05. The zero-order valence-corrected chi connectivity index (χ0v) is 25.6. The van der Waals surface area contributed by atoms with Crippen LogP contribution in [0.3, 0.4) is 0 Å². The first-order valence-corrected chi connectivity index (χ1v) is 12.9. The molecule has 2 aromatic rings. The first kappa shape index (κ1) is 32.6. The summed E-state index contributed by atoms with van der Waals surface area (Å²) in [5.41, 5.74) is 7.85. The number of ether oxygens (including phenoxy) is 3. The van der Waals surface area contributed by atoms with Crippen LogP contribution in [0.1, 0.15) is 77.9 Å². The Balaban J connectivity index is 0.00000560. The normalized spacial score (nSPS) is 12.3. The lowest BCUT2D eigenvalue weighted by Crippen LogP contribution is -2.30. The van der Waals surface area contributed by atoms with Gasteiger partial charge in [-0.1, -0.05) is 20.8 Å². The van der Waals surface area contributed by atoms with Gasteiger partial charge in [0.1, 0.15) is 11.6 Å². The van der Waals surface area contributed by atoms with Crippen LogP contribution < -0.4 is 25.3 Å². The van der Waals surface area contributed by atoms with Crippen molar-refractivity contribution in [1.29, 1.82) is 5.41 Å². The first-order valence-electron chi connectivity index (χ1n) is 12.9. The number of amidine groups is 1. The number of carbonyl (C=O) groups excluding carboxylic acids is 3. The lowest BCUT2D eigenvalue weighted by molar-refractivity contribution is -0.118. The van der Waals surface area contributed by atoms with Gasteiger partial charge in [-0.25, -0.2) is 0 Å². The number of nitrogens with one attached hydrogen (secondary N) is 2. The number of primary amides is 1. The number of nitrogens with zero attached hydrogens (tertiary/aromatic N) is 1. The van der Waals surface area contributed by atoms with E-state index in [1.54, 1.807) is 36.2 Å². The summed E-state index contributed by atoms with van der Waals surface area (Å²) in [4.78, 5) is 38.7. The zero-order valence-electron chi connectivity index (χ0n) is 23.9. The van der Waals surface area contributed by atoms with Crippen molar-refractivity contribution < 1.29 is 28.6 Å². The number of fused-ring (bicyclic) bond motifs is 1. The summed E-state index contributed by atoms with van der Waals surface area (Å²) in [6, 6.07) is 6.87. The summed E-state index contributed by atoms with van der Waals surface area (Å²) in [6.45, 7) is 8.87. The van der Waals surface area contributed by atoms with Gasteiger partial charge in [-0.2, -0.15) is 0 Å². The van der Waals surface area contributed by atoms with Crippen molar-refractivity contribution >= 4 is 40.4 Å². The van der Waals surface area contributed by atoms with E-state index in [1.807, 2.05) is 27.7 Å². The van der Waals surface area contributed by atoms with Crippen LogP contribution in [-0.4, -0.2) is 62.2 Å². The number of Topliss-reactive ketones (excluding diaryl/α,β-unsaturated/α-hetero) is 1. The molecule has 11 heteroatoms. The third-order valence-corrected chi connectivity index (χ3v) is 6.46. The Hall–Kier alpha value is -3.60. The van der Waals surface area contributed by atoms with Crippen molar-refractivity contribution in [2.45, 2.75) is 52.5 Å². The molecule has 0 aromatic heterocycles. The summed E-state index contributed by atoms with van der Waals surface area (Å²) >= 11 is 0. The molecule has 0 saturated heterocycles. The van der Waals surface area contributed by atoms with Crippen LogP contribution in [-0.2, 0) is 16.8 Å². The molecule has 40 heavy (non-hydrogen) atoms. The second-order valence-corrected chi connectivity index (χ2v) is 10.4. The van der Waals surface area contributed by atoms with Gasteiger partial charge in [0.2, 0.25) is 5.91 Å². The maximum Gasteiger partial charge on any atom is 0.254 e. The molecule has 0 bridgehead atoms. The fourth-order valence-electron chi connectivity index (χ4n) is 4.46. The molecule has 2 amide bonds. The lowest BCUT2D eigenvalue weighted by atomic mass is 9.84. The van der Waals surface area contributed by atoms with Gasteiger partial charge in [0.15, 0.2) is 17.3 Å². The molecule has 1 aliphatic heterocycles. The predicted octanol–water partition coefficient (Wildman–Crippen LogP) is 4.00. The van der Waals surface area contributed by atoms with Crippen LogP contribution in [0.4, 0.5) is 0 Å². The number of ketones is 1. The smallest absolute Gasteiger partial charge is 0.254 e. The minimum atomic E-state index is -0.392. The van der Waals surface area contributed by atoms with Gasteiger partial charge in [0.05, 0.1) is 32.4 Å². The summed E-state index contributed by atoms with van der Waals surface area (Å²) in [6.07, 6.45) is 0.678. The fraction of sp³-hybridized carbons (Fsp3) is 0.448. The van der Waals surface area contributed by atoms with E-state index >= 15 is 0 Å². The molecule has 0 radical (unpaired) electrons. The number of benzene rings is 2. The quantitative estimate of drug-likeness (QED) is 0.241. The SMILES string of the molecule is Br.CCOc1cc2c(cc1C(=O)NC)C(=N)N(CC(=O)c1cc(OC)c(OCCCC(N)=O)c(C(C)(C)C)c1)C2. The third kappa shape index (κ3) is 7.32. The highest BCUT2D eigenvalue weighted by molar-refractivity contribution is 8.93.